The van der Waals surface area contributed by atoms with E-state index in [1.165, 1.54) is 24.5 Å². The second kappa shape index (κ2) is 6.06. The monoisotopic (exact) mass is 291 g/mol. The predicted octanol–water partition coefficient (Wildman–Crippen LogP) is 1.68. The number of amides is 1. The topological polar surface area (TPSA) is 121 Å². The molecule has 1 heterocycles. The summed E-state index contributed by atoms with van der Waals surface area (Å²) in [5.74, 6) is 4.55. The summed E-state index contributed by atoms with van der Waals surface area (Å²) in [6.45, 7) is 1.69. The van der Waals surface area contributed by atoms with Crippen molar-refractivity contribution in [2.45, 2.75) is 13.5 Å². The minimum Gasteiger partial charge on any atom is -0.482 e. The van der Waals surface area contributed by atoms with Crippen LogP contribution in [0.25, 0.3) is 0 Å². The molecule has 0 aliphatic heterocycles. The molecule has 21 heavy (non-hydrogen) atoms. The summed E-state index contributed by atoms with van der Waals surface area (Å²) < 4.78 is 10.4. The number of carbonyl (C=O) groups is 1. The van der Waals surface area contributed by atoms with E-state index in [0.29, 0.717) is 5.56 Å². The second-order valence-corrected chi connectivity index (χ2v) is 4.27. The average Bonchev–Trinajstić information content (AvgIpc) is 2.93. The molecule has 1 aromatic heterocycles. The number of furan rings is 1. The largest absolute Gasteiger partial charge is 0.482 e. The smallest absolute Gasteiger partial charge is 0.311 e. The highest BCUT2D eigenvalue weighted by atomic mass is 16.6. The number of nitrogens with two attached hydrogens (primary N) is 1. The van der Waals surface area contributed by atoms with Crippen molar-refractivity contribution in [1.82, 2.24) is 5.43 Å². The Balaban J connectivity index is 2.19. The average molecular weight is 291 g/mol. The maximum absolute atomic E-state index is 11.4. The van der Waals surface area contributed by atoms with Gasteiger partial charge in [-0.1, -0.05) is 6.07 Å². The Morgan fingerprint density at radius 3 is 2.90 bits per heavy atom. The molecular weight excluding hydrogens is 278 g/mol. The molecule has 3 N–H and O–H groups in total. The van der Waals surface area contributed by atoms with E-state index in [1.54, 1.807) is 13.0 Å². The van der Waals surface area contributed by atoms with E-state index < -0.39 is 10.8 Å². The molecule has 2 aromatic rings. The van der Waals surface area contributed by atoms with Gasteiger partial charge in [0.2, 0.25) is 0 Å². The van der Waals surface area contributed by atoms with Crippen LogP contribution in [0, 0.1) is 17.0 Å². The standard InChI is InChI=1S/C13H13N3O5/c1-8-2-3-11(10(6-8)16(18)19)21-7-9-4-5-20-12(9)13(17)15-14/h2-6H,7,14H2,1H3,(H,15,17). The Labute approximate surface area is 119 Å². The van der Waals surface area contributed by atoms with E-state index in [-0.39, 0.29) is 23.8 Å². The Morgan fingerprint density at radius 1 is 1.48 bits per heavy atom. The lowest BCUT2D eigenvalue weighted by Crippen LogP contribution is -2.30. The van der Waals surface area contributed by atoms with Gasteiger partial charge in [-0.2, -0.15) is 0 Å². The maximum atomic E-state index is 11.4. The van der Waals surface area contributed by atoms with Crippen LogP contribution < -0.4 is 16.0 Å². The van der Waals surface area contributed by atoms with Crippen molar-refractivity contribution in [3.05, 3.63) is 57.5 Å². The number of nitrogens with zero attached hydrogens (tertiary/aromatic N) is 1. The van der Waals surface area contributed by atoms with Crippen molar-refractivity contribution in [3.63, 3.8) is 0 Å². The molecule has 0 radical (unpaired) electrons. The van der Waals surface area contributed by atoms with Gasteiger partial charge in [0.15, 0.2) is 11.5 Å². The number of hydrazine groups is 1. The number of hydrogen-bond donors (Lipinski definition) is 2. The van der Waals surface area contributed by atoms with Gasteiger partial charge in [0.05, 0.1) is 11.2 Å². The summed E-state index contributed by atoms with van der Waals surface area (Å²) in [5.41, 5.74) is 3.00. The lowest BCUT2D eigenvalue weighted by molar-refractivity contribution is -0.386. The van der Waals surface area contributed by atoms with Gasteiger partial charge in [-0.15, -0.1) is 0 Å². The second-order valence-electron chi connectivity index (χ2n) is 4.27. The van der Waals surface area contributed by atoms with Crippen molar-refractivity contribution in [1.29, 1.82) is 0 Å². The highest BCUT2D eigenvalue weighted by Gasteiger charge is 2.18. The number of benzene rings is 1. The van der Waals surface area contributed by atoms with Crippen LogP contribution in [0.1, 0.15) is 21.7 Å². The summed E-state index contributed by atoms with van der Waals surface area (Å²) in [4.78, 5) is 21.9. The van der Waals surface area contributed by atoms with Gasteiger partial charge in [-0.25, -0.2) is 5.84 Å². The molecule has 0 unspecified atom stereocenters. The summed E-state index contributed by atoms with van der Waals surface area (Å²) in [6, 6.07) is 6.16. The molecule has 0 saturated heterocycles. The zero-order chi connectivity index (χ0) is 15.4. The third kappa shape index (κ3) is 3.18. The van der Waals surface area contributed by atoms with Gasteiger partial charge in [0, 0.05) is 11.6 Å². The van der Waals surface area contributed by atoms with Crippen LogP contribution in [0.2, 0.25) is 0 Å². The van der Waals surface area contributed by atoms with E-state index in [9.17, 15) is 14.9 Å². The number of nitrogens with one attached hydrogen (secondary N) is 1. The number of nitro benzene ring substituents is 1. The third-order valence-corrected chi connectivity index (χ3v) is 2.78. The number of carbonyl (C=O) groups excluding carboxylic acids is 1. The molecule has 2 rings (SSSR count). The molecular formula is C13H13N3O5. The summed E-state index contributed by atoms with van der Waals surface area (Å²) in [7, 11) is 0. The molecule has 1 aromatic carbocycles. The Bertz CT molecular complexity index is 680. The molecule has 110 valence electrons. The van der Waals surface area contributed by atoms with Crippen LogP contribution in [-0.4, -0.2) is 10.8 Å². The van der Waals surface area contributed by atoms with Crippen LogP contribution in [-0.2, 0) is 6.61 Å². The van der Waals surface area contributed by atoms with Crippen LogP contribution in [0.3, 0.4) is 0 Å². The van der Waals surface area contributed by atoms with Crippen LogP contribution in [0.4, 0.5) is 5.69 Å². The Kier molecular flexibility index (Phi) is 4.19. The molecule has 0 aliphatic rings. The fourth-order valence-corrected chi connectivity index (χ4v) is 1.76. The normalized spacial score (nSPS) is 10.2. The fraction of sp³-hybridized carbons (Fsp3) is 0.154. The quantitative estimate of drug-likeness (QED) is 0.374. The number of nitrogen functional groups attached to an aromatic ring is 1. The van der Waals surface area contributed by atoms with Gasteiger partial charge < -0.3 is 9.15 Å². The first-order valence-electron chi connectivity index (χ1n) is 5.98. The first-order chi connectivity index (χ1) is 10.0. The van der Waals surface area contributed by atoms with Crippen molar-refractivity contribution >= 4 is 11.6 Å². The van der Waals surface area contributed by atoms with Gasteiger partial charge in [0.1, 0.15) is 6.61 Å². The van der Waals surface area contributed by atoms with Crippen molar-refractivity contribution in [3.8, 4) is 5.75 Å². The van der Waals surface area contributed by atoms with Crippen LogP contribution in [0.15, 0.2) is 34.9 Å². The molecule has 0 spiro atoms. The number of nitro groups is 1. The Hall–Kier alpha value is -2.87. The SMILES string of the molecule is Cc1ccc(OCc2ccoc2C(=O)NN)c([N+](=O)[O-])c1. The zero-order valence-electron chi connectivity index (χ0n) is 11.2. The molecule has 0 saturated carbocycles. The van der Waals surface area contributed by atoms with Gasteiger partial charge in [-0.3, -0.25) is 20.3 Å². The number of rotatable bonds is 5. The van der Waals surface area contributed by atoms with Crippen molar-refractivity contribution in [2.24, 2.45) is 5.84 Å². The fourth-order valence-electron chi connectivity index (χ4n) is 1.76. The molecule has 0 bridgehead atoms. The highest BCUT2D eigenvalue weighted by Crippen LogP contribution is 2.28. The third-order valence-electron chi connectivity index (χ3n) is 2.78. The first kappa shape index (κ1) is 14.5. The lowest BCUT2D eigenvalue weighted by Gasteiger charge is -2.07. The molecule has 8 nitrogen and oxygen atoms in total. The minimum atomic E-state index is -0.600. The van der Waals surface area contributed by atoms with Crippen molar-refractivity contribution in [2.75, 3.05) is 0 Å². The van der Waals surface area contributed by atoms with Crippen LogP contribution in [0.5, 0.6) is 5.75 Å². The summed E-state index contributed by atoms with van der Waals surface area (Å²) >= 11 is 0. The predicted molar refractivity (Wildman–Crippen MR) is 72.5 cm³/mol. The summed E-state index contributed by atoms with van der Waals surface area (Å²) in [6.07, 6.45) is 1.31. The van der Waals surface area contributed by atoms with Gasteiger partial charge in [0.25, 0.3) is 0 Å². The first-order valence-corrected chi connectivity index (χ1v) is 5.98. The van der Waals surface area contributed by atoms with E-state index in [1.807, 2.05) is 5.43 Å². The Morgan fingerprint density at radius 2 is 2.24 bits per heavy atom. The molecule has 8 heteroatoms. The summed E-state index contributed by atoms with van der Waals surface area (Å²) in [5, 5.41) is 11.0. The van der Waals surface area contributed by atoms with E-state index >= 15 is 0 Å². The molecule has 0 fully saturated rings. The van der Waals surface area contributed by atoms with E-state index in [2.05, 4.69) is 0 Å². The minimum absolute atomic E-state index is 0.00673. The zero-order valence-corrected chi connectivity index (χ0v) is 11.2. The highest BCUT2D eigenvalue weighted by molar-refractivity contribution is 5.92. The van der Waals surface area contributed by atoms with E-state index in [4.69, 9.17) is 15.0 Å². The number of aryl methyl sites for hydroxylation is 1. The van der Waals surface area contributed by atoms with E-state index in [0.717, 1.165) is 5.56 Å². The molecule has 0 atom stereocenters. The molecule has 0 aliphatic carbocycles. The number of hydrogen-bond acceptors (Lipinski definition) is 6. The van der Waals surface area contributed by atoms with Crippen LogP contribution >= 0.6 is 0 Å². The van der Waals surface area contributed by atoms with Gasteiger partial charge in [-0.05, 0) is 24.6 Å². The number of ether oxygens (including phenoxy) is 1. The van der Waals surface area contributed by atoms with Crippen molar-refractivity contribution < 1.29 is 18.9 Å². The maximum Gasteiger partial charge on any atom is 0.311 e. The lowest BCUT2D eigenvalue weighted by atomic mass is 10.2. The molecule has 1 amide bonds. The van der Waals surface area contributed by atoms with Gasteiger partial charge >= 0.3 is 11.6 Å².